The highest BCUT2D eigenvalue weighted by Crippen LogP contribution is 2.26. The molecule has 1 aliphatic heterocycles. The maximum atomic E-state index is 6.17. The van der Waals surface area contributed by atoms with Crippen LogP contribution in [0.2, 0.25) is 10.0 Å². The molecule has 4 nitrogen and oxygen atoms in total. The van der Waals surface area contributed by atoms with Crippen molar-refractivity contribution in [1.82, 2.24) is 20.0 Å². The van der Waals surface area contributed by atoms with Gasteiger partial charge in [-0.15, -0.1) is 0 Å². The monoisotopic (exact) mass is 352 g/mol. The van der Waals surface area contributed by atoms with E-state index in [0.717, 1.165) is 50.6 Å². The van der Waals surface area contributed by atoms with Gasteiger partial charge in [0.2, 0.25) is 0 Å². The molecule has 1 fully saturated rings. The van der Waals surface area contributed by atoms with Crippen molar-refractivity contribution in [3.63, 3.8) is 0 Å². The highest BCUT2D eigenvalue weighted by molar-refractivity contribution is 6.30. The van der Waals surface area contributed by atoms with Crippen LogP contribution in [0.4, 0.5) is 0 Å². The SMILES string of the molecule is Clc1cccc(C(CCCN2CCNCC2)n2cc(Cl)cn2)c1. The molecule has 6 heteroatoms. The van der Waals surface area contributed by atoms with E-state index in [9.17, 15) is 0 Å². The third kappa shape index (κ3) is 4.70. The molecule has 0 bridgehead atoms. The second-order valence-electron chi connectivity index (χ2n) is 5.94. The van der Waals surface area contributed by atoms with E-state index in [4.69, 9.17) is 23.2 Å². The maximum Gasteiger partial charge on any atom is 0.0785 e. The Morgan fingerprint density at radius 1 is 1.17 bits per heavy atom. The average molecular weight is 353 g/mol. The average Bonchev–Trinajstić information content (AvgIpc) is 2.99. The van der Waals surface area contributed by atoms with Crippen LogP contribution in [-0.2, 0) is 0 Å². The van der Waals surface area contributed by atoms with Crippen molar-refractivity contribution in [3.05, 3.63) is 52.3 Å². The molecule has 2 aromatic rings. The largest absolute Gasteiger partial charge is 0.314 e. The van der Waals surface area contributed by atoms with E-state index in [1.54, 1.807) is 6.20 Å². The molecule has 0 spiro atoms. The number of nitrogens with one attached hydrogen (secondary N) is 1. The highest BCUT2D eigenvalue weighted by Gasteiger charge is 2.16. The molecule has 1 saturated heterocycles. The zero-order valence-electron chi connectivity index (χ0n) is 13.1. The lowest BCUT2D eigenvalue weighted by molar-refractivity contribution is 0.232. The fourth-order valence-corrected chi connectivity index (χ4v) is 3.44. The predicted octanol–water partition coefficient (Wildman–Crippen LogP) is 3.46. The van der Waals surface area contributed by atoms with Crippen LogP contribution >= 0.6 is 23.2 Å². The molecule has 124 valence electrons. The minimum absolute atomic E-state index is 0.170. The standard InChI is InChI=1S/C17H22Cl2N4/c18-15-4-1-3-14(11-15)17(23-13-16(19)12-21-23)5-2-8-22-9-6-20-7-10-22/h1,3-4,11-13,17,20H,2,5-10H2. The molecule has 0 radical (unpaired) electrons. The Balaban J connectivity index is 1.68. The number of aromatic nitrogens is 2. The first-order valence-corrected chi connectivity index (χ1v) is 8.86. The van der Waals surface area contributed by atoms with Crippen molar-refractivity contribution in [2.45, 2.75) is 18.9 Å². The first-order chi connectivity index (χ1) is 11.2. The Morgan fingerprint density at radius 2 is 2.00 bits per heavy atom. The second kappa shape index (κ2) is 8.15. The number of nitrogens with zero attached hydrogens (tertiary/aromatic N) is 3. The zero-order chi connectivity index (χ0) is 16.1. The van der Waals surface area contributed by atoms with Crippen LogP contribution in [0.25, 0.3) is 0 Å². The van der Waals surface area contributed by atoms with Gasteiger partial charge in [-0.05, 0) is 37.1 Å². The van der Waals surface area contributed by atoms with Gasteiger partial charge in [0.1, 0.15) is 0 Å². The maximum absolute atomic E-state index is 6.17. The topological polar surface area (TPSA) is 33.1 Å². The molecule has 1 atom stereocenters. The van der Waals surface area contributed by atoms with Crippen LogP contribution in [-0.4, -0.2) is 47.4 Å². The summed E-state index contributed by atoms with van der Waals surface area (Å²) in [5.41, 5.74) is 1.18. The summed E-state index contributed by atoms with van der Waals surface area (Å²) in [6.45, 7) is 5.57. The van der Waals surface area contributed by atoms with Crippen molar-refractivity contribution in [2.75, 3.05) is 32.7 Å². The third-order valence-electron chi connectivity index (χ3n) is 4.28. The molecule has 1 aromatic heterocycles. The first-order valence-electron chi connectivity index (χ1n) is 8.10. The van der Waals surface area contributed by atoms with Crippen molar-refractivity contribution >= 4 is 23.2 Å². The molecule has 0 aliphatic carbocycles. The van der Waals surface area contributed by atoms with Gasteiger partial charge >= 0.3 is 0 Å². The number of halogens is 2. The summed E-state index contributed by atoms with van der Waals surface area (Å²) < 4.78 is 1.95. The Labute approximate surface area is 147 Å². The molecule has 1 aliphatic rings. The van der Waals surface area contributed by atoms with E-state index in [1.807, 2.05) is 29.1 Å². The lowest BCUT2D eigenvalue weighted by Gasteiger charge is -2.28. The smallest absolute Gasteiger partial charge is 0.0785 e. The molecule has 0 amide bonds. The molecule has 1 N–H and O–H groups in total. The lowest BCUT2D eigenvalue weighted by atomic mass is 10.0. The summed E-state index contributed by atoms with van der Waals surface area (Å²) in [6.07, 6.45) is 5.71. The molecule has 1 unspecified atom stereocenters. The summed E-state index contributed by atoms with van der Waals surface area (Å²) in [6, 6.07) is 8.19. The van der Waals surface area contributed by atoms with Crippen molar-refractivity contribution < 1.29 is 0 Å². The number of benzene rings is 1. The number of rotatable bonds is 6. The number of hydrogen-bond donors (Lipinski definition) is 1. The van der Waals surface area contributed by atoms with E-state index in [2.05, 4.69) is 21.4 Å². The summed E-state index contributed by atoms with van der Waals surface area (Å²) in [7, 11) is 0. The Kier molecular flexibility index (Phi) is 5.95. The van der Waals surface area contributed by atoms with Crippen LogP contribution < -0.4 is 5.32 Å². The van der Waals surface area contributed by atoms with E-state index < -0.39 is 0 Å². The number of piperazine rings is 1. The fraction of sp³-hybridized carbons (Fsp3) is 0.471. The molecule has 0 saturated carbocycles. The van der Waals surface area contributed by atoms with E-state index in [0.29, 0.717) is 5.02 Å². The summed E-state index contributed by atoms with van der Waals surface area (Å²) in [5.74, 6) is 0. The van der Waals surface area contributed by atoms with Crippen LogP contribution in [0.1, 0.15) is 24.4 Å². The molecule has 2 heterocycles. The van der Waals surface area contributed by atoms with E-state index >= 15 is 0 Å². The summed E-state index contributed by atoms with van der Waals surface area (Å²) in [4.78, 5) is 2.52. The van der Waals surface area contributed by atoms with Gasteiger partial charge in [-0.25, -0.2) is 0 Å². The minimum Gasteiger partial charge on any atom is -0.314 e. The molecule has 3 rings (SSSR count). The Bertz CT molecular complexity index is 623. The van der Waals surface area contributed by atoms with Crippen molar-refractivity contribution in [2.24, 2.45) is 0 Å². The first kappa shape index (κ1) is 16.8. The number of hydrogen-bond acceptors (Lipinski definition) is 3. The molecule has 23 heavy (non-hydrogen) atoms. The zero-order valence-corrected chi connectivity index (χ0v) is 14.6. The van der Waals surface area contributed by atoms with Crippen LogP contribution in [0, 0.1) is 0 Å². The predicted molar refractivity (Wildman–Crippen MR) is 95.4 cm³/mol. The second-order valence-corrected chi connectivity index (χ2v) is 6.82. The minimum atomic E-state index is 0.170. The van der Waals surface area contributed by atoms with Gasteiger partial charge in [-0.3, -0.25) is 4.68 Å². The van der Waals surface area contributed by atoms with Crippen LogP contribution in [0.3, 0.4) is 0 Å². The van der Waals surface area contributed by atoms with Gasteiger partial charge in [-0.2, -0.15) is 5.10 Å². The van der Waals surface area contributed by atoms with Gasteiger partial charge in [0.25, 0.3) is 0 Å². The highest BCUT2D eigenvalue weighted by atomic mass is 35.5. The Morgan fingerprint density at radius 3 is 2.70 bits per heavy atom. The van der Waals surface area contributed by atoms with Gasteiger partial charge in [-0.1, -0.05) is 35.3 Å². The fourth-order valence-electron chi connectivity index (χ4n) is 3.09. The van der Waals surface area contributed by atoms with Gasteiger partial charge in [0, 0.05) is 37.4 Å². The summed E-state index contributed by atoms with van der Waals surface area (Å²) in [5, 5.41) is 9.22. The van der Waals surface area contributed by atoms with E-state index in [1.165, 1.54) is 5.56 Å². The van der Waals surface area contributed by atoms with Gasteiger partial charge < -0.3 is 10.2 Å². The van der Waals surface area contributed by atoms with Crippen LogP contribution in [0.15, 0.2) is 36.7 Å². The van der Waals surface area contributed by atoms with Gasteiger partial charge in [0.15, 0.2) is 0 Å². The van der Waals surface area contributed by atoms with Crippen molar-refractivity contribution in [1.29, 1.82) is 0 Å². The van der Waals surface area contributed by atoms with E-state index in [-0.39, 0.29) is 6.04 Å². The molecular formula is C17H22Cl2N4. The van der Waals surface area contributed by atoms with Crippen LogP contribution in [0.5, 0.6) is 0 Å². The third-order valence-corrected chi connectivity index (χ3v) is 4.71. The summed E-state index contributed by atoms with van der Waals surface area (Å²) >= 11 is 12.2. The molecular weight excluding hydrogens is 331 g/mol. The molecule has 1 aromatic carbocycles. The quantitative estimate of drug-likeness (QED) is 0.863. The normalized spacial score (nSPS) is 17.3. The van der Waals surface area contributed by atoms with Gasteiger partial charge in [0.05, 0.1) is 17.3 Å². The lowest BCUT2D eigenvalue weighted by Crippen LogP contribution is -2.43. The Hall–Kier alpha value is -1.07. The van der Waals surface area contributed by atoms with Crippen molar-refractivity contribution in [3.8, 4) is 0 Å².